The van der Waals surface area contributed by atoms with Gasteiger partial charge in [0, 0.05) is 41.8 Å². The monoisotopic (exact) mass is 421 g/mol. The fourth-order valence-electron chi connectivity index (χ4n) is 2.58. The van der Waals surface area contributed by atoms with Gasteiger partial charge in [-0.1, -0.05) is 0 Å². The zero-order valence-electron chi connectivity index (χ0n) is 13.8. The Labute approximate surface area is 155 Å². The van der Waals surface area contributed by atoms with Crippen molar-refractivity contribution >= 4 is 38.9 Å². The summed E-state index contributed by atoms with van der Waals surface area (Å²) in [5.41, 5.74) is 0.472. The van der Waals surface area contributed by atoms with Gasteiger partial charge >= 0.3 is 0 Å². The molecule has 2 aromatic rings. The molecule has 3 rings (SSSR count). The number of nitrogens with one attached hydrogen (secondary N) is 3. The number of allylic oxidation sites excluding steroid dienone is 4. The summed E-state index contributed by atoms with van der Waals surface area (Å²) in [6.07, 6.45) is 5.66. The average Bonchev–Trinajstić information content (AvgIpc) is 2.92. The minimum absolute atomic E-state index is 0.123. The first-order valence-corrected chi connectivity index (χ1v) is 8.31. The summed E-state index contributed by atoms with van der Waals surface area (Å²) in [5, 5.41) is 13.3. The summed E-state index contributed by atoms with van der Waals surface area (Å²) in [5.74, 6) is -2.32. The number of amides is 1. The number of carbonyl (C=O) groups excluding carboxylic acids is 1. The Kier molecular flexibility index (Phi) is 4.73. The molecule has 0 fully saturated rings. The van der Waals surface area contributed by atoms with Gasteiger partial charge in [-0.05, 0) is 28.9 Å². The quantitative estimate of drug-likeness (QED) is 0.710. The first-order chi connectivity index (χ1) is 12.3. The summed E-state index contributed by atoms with van der Waals surface area (Å²) in [6.45, 7) is 1.72. The topological polar surface area (TPSA) is 82.3 Å². The molecule has 0 saturated heterocycles. The van der Waals surface area contributed by atoms with E-state index in [1.165, 1.54) is 16.8 Å². The molecule has 0 spiro atoms. The van der Waals surface area contributed by atoms with Crippen molar-refractivity contribution in [2.24, 2.45) is 0 Å². The van der Waals surface area contributed by atoms with Crippen LogP contribution in [0, 0.1) is 18.2 Å². The lowest BCUT2D eigenvalue weighted by atomic mass is 9.96. The highest BCUT2D eigenvalue weighted by Gasteiger charge is 2.28. The van der Waals surface area contributed by atoms with E-state index in [1.54, 1.807) is 20.2 Å². The molecule has 0 radical (unpaired) electrons. The maximum atomic E-state index is 14.3. The fourth-order valence-corrected chi connectivity index (χ4v) is 3.10. The molecule has 0 atom stereocenters. The lowest BCUT2D eigenvalue weighted by Gasteiger charge is -2.17. The van der Waals surface area contributed by atoms with E-state index in [0.717, 1.165) is 12.1 Å². The molecule has 3 N–H and O–H groups in total. The van der Waals surface area contributed by atoms with Crippen molar-refractivity contribution in [2.45, 2.75) is 6.92 Å². The van der Waals surface area contributed by atoms with Crippen LogP contribution in [0.25, 0.3) is 5.65 Å². The van der Waals surface area contributed by atoms with Crippen LogP contribution in [0.3, 0.4) is 0 Å². The smallest absolute Gasteiger partial charge is 0.260 e. The van der Waals surface area contributed by atoms with Gasteiger partial charge in [-0.25, -0.2) is 13.8 Å². The molecular formula is C17H14BrF2N5O. The van der Waals surface area contributed by atoms with Crippen LogP contribution in [0.2, 0.25) is 0 Å². The number of pyridine rings is 1. The number of fused-ring (bicyclic) bond motifs is 1. The molecule has 1 aliphatic carbocycles. The van der Waals surface area contributed by atoms with E-state index in [2.05, 4.69) is 31.5 Å². The van der Waals surface area contributed by atoms with E-state index in [1.807, 2.05) is 0 Å². The third kappa shape index (κ3) is 3.17. The highest BCUT2D eigenvalue weighted by Crippen LogP contribution is 2.31. The number of rotatable bonds is 3. The number of hydrogen-bond acceptors (Lipinski definition) is 4. The van der Waals surface area contributed by atoms with Gasteiger partial charge in [0.25, 0.3) is 5.91 Å². The Morgan fingerprint density at radius 2 is 2.12 bits per heavy atom. The maximum absolute atomic E-state index is 14.3. The molecule has 9 heteroatoms. The van der Waals surface area contributed by atoms with E-state index in [4.69, 9.17) is 5.41 Å². The van der Waals surface area contributed by atoms with Crippen LogP contribution in [0.15, 0.2) is 52.2 Å². The number of nitrogens with zero attached hydrogens (tertiary/aromatic N) is 2. The Hall–Kier alpha value is -2.81. The Bertz CT molecular complexity index is 1040. The summed E-state index contributed by atoms with van der Waals surface area (Å²) in [6, 6.07) is 1.10. The molecule has 1 aliphatic rings. The number of aryl methyl sites for hydroxylation is 1. The fraction of sp³-hybridized carbons (Fsp3) is 0.118. The van der Waals surface area contributed by atoms with Crippen LogP contribution in [-0.2, 0) is 4.79 Å². The molecule has 134 valence electrons. The molecule has 0 aliphatic heterocycles. The normalized spacial score (nSPS) is 16.3. The SMILES string of the molecule is CN/C=C1\C(=N)C(C(=O)Nc2cc(F)c3nc(C)cn3c2)=C(F)C=C1Br. The number of anilines is 1. The van der Waals surface area contributed by atoms with Gasteiger partial charge in [0.05, 0.1) is 17.1 Å². The average molecular weight is 422 g/mol. The number of carbonyl (C=O) groups is 1. The summed E-state index contributed by atoms with van der Waals surface area (Å²) in [4.78, 5) is 16.5. The van der Waals surface area contributed by atoms with Crippen molar-refractivity contribution in [3.05, 3.63) is 63.7 Å². The lowest BCUT2D eigenvalue weighted by molar-refractivity contribution is -0.112. The molecule has 0 bridgehead atoms. The van der Waals surface area contributed by atoms with Crippen LogP contribution in [0.4, 0.5) is 14.5 Å². The largest absolute Gasteiger partial charge is 0.393 e. The van der Waals surface area contributed by atoms with Gasteiger partial charge in [-0.3, -0.25) is 10.2 Å². The van der Waals surface area contributed by atoms with Crippen LogP contribution in [-0.4, -0.2) is 28.1 Å². The molecule has 0 saturated carbocycles. The summed E-state index contributed by atoms with van der Waals surface area (Å²) >= 11 is 3.17. The van der Waals surface area contributed by atoms with E-state index < -0.39 is 23.1 Å². The molecular weight excluding hydrogens is 408 g/mol. The van der Waals surface area contributed by atoms with Crippen LogP contribution in [0.5, 0.6) is 0 Å². The van der Waals surface area contributed by atoms with E-state index in [9.17, 15) is 13.6 Å². The Balaban J connectivity index is 1.96. The van der Waals surface area contributed by atoms with Gasteiger partial charge in [-0.2, -0.15) is 0 Å². The number of aromatic nitrogens is 2. The predicted octanol–water partition coefficient (Wildman–Crippen LogP) is 3.36. The third-order valence-corrected chi connectivity index (χ3v) is 4.33. The minimum Gasteiger partial charge on any atom is -0.393 e. The molecule has 1 amide bonds. The van der Waals surface area contributed by atoms with Crippen LogP contribution >= 0.6 is 15.9 Å². The number of imidazole rings is 1. The second-order valence-electron chi connectivity index (χ2n) is 5.58. The number of hydrogen-bond donors (Lipinski definition) is 3. The first-order valence-electron chi connectivity index (χ1n) is 7.52. The van der Waals surface area contributed by atoms with E-state index in [0.29, 0.717) is 15.7 Å². The van der Waals surface area contributed by atoms with E-state index >= 15 is 0 Å². The Morgan fingerprint density at radius 1 is 1.38 bits per heavy atom. The predicted molar refractivity (Wildman–Crippen MR) is 98.5 cm³/mol. The zero-order valence-corrected chi connectivity index (χ0v) is 15.4. The van der Waals surface area contributed by atoms with Gasteiger partial charge in [0.1, 0.15) is 11.4 Å². The Morgan fingerprint density at radius 3 is 2.81 bits per heavy atom. The highest BCUT2D eigenvalue weighted by atomic mass is 79.9. The standard InChI is InChI=1S/C17H14BrF2N5O/c1-8-6-25-7-9(3-13(20)16(25)23-8)24-17(26)14-12(19)4-11(18)10(5-22-2)15(14)21/h3-7,21-22H,1-2H3,(H,24,26)/b10-5-,21-15?. The van der Waals surface area contributed by atoms with Crippen molar-refractivity contribution in [3.8, 4) is 0 Å². The first kappa shape index (κ1) is 18.0. The number of halogens is 3. The highest BCUT2D eigenvalue weighted by molar-refractivity contribution is 9.12. The minimum atomic E-state index is -0.854. The molecule has 0 unspecified atom stereocenters. The van der Waals surface area contributed by atoms with Gasteiger partial charge < -0.3 is 15.0 Å². The lowest BCUT2D eigenvalue weighted by Crippen LogP contribution is -2.25. The third-order valence-electron chi connectivity index (χ3n) is 3.67. The summed E-state index contributed by atoms with van der Waals surface area (Å²) < 4.78 is 30.2. The second-order valence-corrected chi connectivity index (χ2v) is 6.44. The molecule has 6 nitrogen and oxygen atoms in total. The van der Waals surface area contributed by atoms with Gasteiger partial charge in [-0.15, -0.1) is 0 Å². The molecule has 0 aromatic carbocycles. The van der Waals surface area contributed by atoms with Crippen molar-refractivity contribution in [3.63, 3.8) is 0 Å². The van der Waals surface area contributed by atoms with Crippen molar-refractivity contribution in [1.29, 1.82) is 5.41 Å². The maximum Gasteiger partial charge on any atom is 0.260 e. The van der Waals surface area contributed by atoms with Crippen molar-refractivity contribution in [2.75, 3.05) is 12.4 Å². The molecule has 2 aromatic heterocycles. The van der Waals surface area contributed by atoms with E-state index in [-0.39, 0.29) is 17.0 Å². The van der Waals surface area contributed by atoms with Crippen LogP contribution in [0.1, 0.15) is 5.69 Å². The van der Waals surface area contributed by atoms with Gasteiger partial charge in [0.2, 0.25) is 0 Å². The van der Waals surface area contributed by atoms with Crippen molar-refractivity contribution in [1.82, 2.24) is 14.7 Å². The van der Waals surface area contributed by atoms with Crippen LogP contribution < -0.4 is 10.6 Å². The molecule has 2 heterocycles. The zero-order chi connectivity index (χ0) is 19.0. The second kappa shape index (κ2) is 6.83. The van der Waals surface area contributed by atoms with Crippen molar-refractivity contribution < 1.29 is 13.6 Å². The summed E-state index contributed by atoms with van der Waals surface area (Å²) in [7, 11) is 1.63. The van der Waals surface area contributed by atoms with Gasteiger partial charge in [0.15, 0.2) is 11.5 Å². The molecule has 26 heavy (non-hydrogen) atoms.